The van der Waals surface area contributed by atoms with Gasteiger partial charge in [-0.25, -0.2) is 4.79 Å². The predicted octanol–water partition coefficient (Wildman–Crippen LogP) is -2.10. The second-order valence-corrected chi connectivity index (χ2v) is 16.3. The second kappa shape index (κ2) is 26.5. The fraction of sp³-hybridized carbons (Fsp3) is 0.333. The highest BCUT2D eigenvalue weighted by molar-refractivity contribution is 5.97. The number of carboxylic acids is 1. The number of hydrogen-bond donors (Lipinski definition) is 14. The number of benzene rings is 4. The number of phenolic OH excluding ortho intramolecular Hbond substituents is 3. The average Bonchev–Trinajstić information content (AvgIpc) is 3.33. The lowest BCUT2D eigenvalue weighted by atomic mass is 10.0. The molecule has 374 valence electrons. The van der Waals surface area contributed by atoms with Crippen LogP contribution in [0.5, 0.6) is 17.2 Å². The first kappa shape index (κ1) is 54.5. The van der Waals surface area contributed by atoms with Crippen LogP contribution < -0.4 is 43.0 Å². The summed E-state index contributed by atoms with van der Waals surface area (Å²) in [4.78, 5) is 107. The molecule has 0 aliphatic rings. The van der Waals surface area contributed by atoms with Gasteiger partial charge in [-0.2, -0.15) is 0 Å². The Morgan fingerprint density at radius 3 is 1.24 bits per heavy atom. The van der Waals surface area contributed by atoms with E-state index < -0.39 is 109 Å². The van der Waals surface area contributed by atoms with E-state index in [4.69, 9.17) is 5.73 Å². The summed E-state index contributed by atoms with van der Waals surface area (Å²) in [7, 11) is 0. The molecular formula is C48H58N8O14. The minimum Gasteiger partial charge on any atom is -0.508 e. The number of aliphatic hydroxyl groups excluding tert-OH is 2. The number of phenols is 3. The average molecular weight is 971 g/mol. The van der Waals surface area contributed by atoms with Crippen molar-refractivity contribution in [2.24, 2.45) is 5.73 Å². The molecule has 0 aromatic heterocycles. The lowest BCUT2D eigenvalue weighted by Crippen LogP contribution is -2.62. The molecule has 22 heteroatoms. The SMILES string of the molecule is C[C@H](NC(=O)[C@H](Cc1ccccc1)NC(=O)[C@@H](NC(=O)[C@H](Cc1ccc(O)cc1)NC(=O)CN)[C@@H](C)O)C(=O)N[C@@H](CO)C(=O)N[C@@H](Cc1ccc(O)cc1)C(=O)N[C@@H](Cc1ccc(O)cc1)C(=O)O. The van der Waals surface area contributed by atoms with Crippen LogP contribution in [0.3, 0.4) is 0 Å². The van der Waals surface area contributed by atoms with Crippen LogP contribution in [-0.2, 0) is 64.0 Å². The van der Waals surface area contributed by atoms with E-state index in [0.717, 1.165) is 0 Å². The van der Waals surface area contributed by atoms with Crippen LogP contribution in [0.1, 0.15) is 36.1 Å². The Kier molecular flexibility index (Phi) is 20.6. The molecule has 4 aromatic carbocycles. The third-order valence-electron chi connectivity index (χ3n) is 10.8. The maximum absolute atomic E-state index is 13.9. The molecule has 22 nitrogen and oxygen atoms in total. The van der Waals surface area contributed by atoms with Crippen LogP contribution in [0.15, 0.2) is 103 Å². The lowest BCUT2D eigenvalue weighted by Gasteiger charge is -2.27. The van der Waals surface area contributed by atoms with E-state index in [2.05, 4.69) is 37.2 Å². The van der Waals surface area contributed by atoms with Crippen molar-refractivity contribution in [1.82, 2.24) is 37.2 Å². The molecule has 4 rings (SSSR count). The van der Waals surface area contributed by atoms with Crippen LogP contribution in [0.25, 0.3) is 0 Å². The van der Waals surface area contributed by atoms with Crippen molar-refractivity contribution in [2.45, 2.75) is 87.9 Å². The molecule has 0 saturated heterocycles. The maximum Gasteiger partial charge on any atom is 0.326 e. The van der Waals surface area contributed by atoms with E-state index >= 15 is 0 Å². The number of carbonyl (C=O) groups is 8. The largest absolute Gasteiger partial charge is 0.508 e. The monoisotopic (exact) mass is 970 g/mol. The fourth-order valence-electron chi connectivity index (χ4n) is 6.87. The van der Waals surface area contributed by atoms with Crippen LogP contribution in [0, 0.1) is 0 Å². The van der Waals surface area contributed by atoms with Crippen molar-refractivity contribution >= 4 is 47.3 Å². The number of hydrogen-bond acceptors (Lipinski definition) is 14. The van der Waals surface area contributed by atoms with Crippen molar-refractivity contribution in [3.05, 3.63) is 125 Å². The lowest BCUT2D eigenvalue weighted by molar-refractivity contribution is -0.142. The van der Waals surface area contributed by atoms with Gasteiger partial charge in [0.2, 0.25) is 41.4 Å². The molecule has 0 bridgehead atoms. The Morgan fingerprint density at radius 1 is 0.457 bits per heavy atom. The topological polar surface area (TPSA) is 368 Å². The molecule has 70 heavy (non-hydrogen) atoms. The molecule has 0 aliphatic heterocycles. The normalized spacial score (nSPS) is 14.4. The fourth-order valence-corrected chi connectivity index (χ4v) is 6.87. The van der Waals surface area contributed by atoms with Crippen molar-refractivity contribution < 1.29 is 69.0 Å². The Balaban J connectivity index is 1.48. The van der Waals surface area contributed by atoms with E-state index in [1.807, 2.05) is 0 Å². The zero-order valence-electron chi connectivity index (χ0n) is 38.2. The highest BCUT2D eigenvalue weighted by Gasteiger charge is 2.35. The van der Waals surface area contributed by atoms with Gasteiger partial charge in [-0.3, -0.25) is 33.6 Å². The van der Waals surface area contributed by atoms with Crippen LogP contribution >= 0.6 is 0 Å². The second-order valence-electron chi connectivity index (χ2n) is 16.3. The third-order valence-corrected chi connectivity index (χ3v) is 10.8. The molecule has 8 atom stereocenters. The predicted molar refractivity (Wildman–Crippen MR) is 250 cm³/mol. The quantitative estimate of drug-likeness (QED) is 0.0339. The Bertz CT molecular complexity index is 2420. The van der Waals surface area contributed by atoms with Gasteiger partial charge in [0.1, 0.15) is 59.5 Å². The van der Waals surface area contributed by atoms with E-state index in [1.54, 1.807) is 30.3 Å². The zero-order valence-corrected chi connectivity index (χ0v) is 38.2. The van der Waals surface area contributed by atoms with Crippen LogP contribution in [-0.4, -0.2) is 140 Å². The summed E-state index contributed by atoms with van der Waals surface area (Å²) in [5, 5.41) is 76.9. The van der Waals surface area contributed by atoms with Gasteiger partial charge < -0.3 is 73.6 Å². The number of carbonyl (C=O) groups excluding carboxylic acids is 7. The van der Waals surface area contributed by atoms with Gasteiger partial charge in [0, 0.05) is 25.7 Å². The van der Waals surface area contributed by atoms with Crippen LogP contribution in [0.2, 0.25) is 0 Å². The number of carboxylic acid groups (broad SMARTS) is 1. The summed E-state index contributed by atoms with van der Waals surface area (Å²) in [6.07, 6.45) is -2.25. The highest BCUT2D eigenvalue weighted by atomic mass is 16.4. The Morgan fingerprint density at radius 2 is 0.814 bits per heavy atom. The van der Waals surface area contributed by atoms with Gasteiger partial charge in [-0.1, -0.05) is 66.7 Å². The Labute approximate surface area is 402 Å². The number of nitrogens with two attached hydrogens (primary N) is 1. The molecule has 0 saturated carbocycles. The first-order valence-electron chi connectivity index (χ1n) is 22.0. The molecule has 7 amide bonds. The molecule has 0 heterocycles. The number of aromatic hydroxyl groups is 3. The van der Waals surface area contributed by atoms with E-state index in [0.29, 0.717) is 22.3 Å². The van der Waals surface area contributed by atoms with Gasteiger partial charge in [0.15, 0.2) is 0 Å². The molecule has 0 radical (unpaired) electrons. The molecule has 0 unspecified atom stereocenters. The first-order valence-corrected chi connectivity index (χ1v) is 22.0. The number of nitrogens with one attached hydrogen (secondary N) is 7. The van der Waals surface area contributed by atoms with E-state index in [9.17, 15) is 69.0 Å². The summed E-state index contributed by atoms with van der Waals surface area (Å²) in [5.41, 5.74) is 7.41. The van der Waals surface area contributed by atoms with Crippen molar-refractivity contribution in [3.63, 3.8) is 0 Å². The van der Waals surface area contributed by atoms with E-state index in [-0.39, 0.29) is 42.9 Å². The van der Waals surface area contributed by atoms with Crippen molar-refractivity contribution in [2.75, 3.05) is 13.2 Å². The summed E-state index contributed by atoms with van der Waals surface area (Å²) in [6, 6.07) is 14.7. The summed E-state index contributed by atoms with van der Waals surface area (Å²) < 4.78 is 0. The van der Waals surface area contributed by atoms with Gasteiger partial charge in [-0.05, 0) is 72.5 Å². The summed E-state index contributed by atoms with van der Waals surface area (Å²) in [6.45, 7) is 0.974. The Hall–Kier alpha value is -8.08. The number of aliphatic hydroxyl groups is 2. The minimum absolute atomic E-state index is 0.0436. The molecular weight excluding hydrogens is 913 g/mol. The summed E-state index contributed by atoms with van der Waals surface area (Å²) >= 11 is 0. The van der Waals surface area contributed by atoms with Crippen molar-refractivity contribution in [3.8, 4) is 17.2 Å². The summed E-state index contributed by atoms with van der Waals surface area (Å²) in [5.74, 6) is -8.18. The van der Waals surface area contributed by atoms with Gasteiger partial charge in [0.25, 0.3) is 0 Å². The number of rotatable bonds is 25. The maximum atomic E-state index is 13.9. The first-order chi connectivity index (χ1) is 33.3. The van der Waals surface area contributed by atoms with Gasteiger partial charge in [-0.15, -0.1) is 0 Å². The molecule has 0 fully saturated rings. The van der Waals surface area contributed by atoms with Gasteiger partial charge >= 0.3 is 5.97 Å². The highest BCUT2D eigenvalue weighted by Crippen LogP contribution is 2.15. The number of aliphatic carboxylic acids is 1. The molecule has 0 spiro atoms. The van der Waals surface area contributed by atoms with E-state index in [1.165, 1.54) is 86.6 Å². The van der Waals surface area contributed by atoms with Crippen LogP contribution in [0.4, 0.5) is 0 Å². The zero-order chi connectivity index (χ0) is 51.5. The molecule has 0 aliphatic carbocycles. The standard InChI is InChI=1S/C48H58N8O14/c1-26(42(63)55-39(25-57)46(67)52-37(22-30-10-16-33(60)17-11-30)44(65)54-38(48(69)70)23-31-12-18-34(61)19-13-31)50-43(64)36(20-28-6-4-3-5-7-28)53-47(68)41(27(2)58)56-45(66)35(51-40(62)24-49)21-29-8-14-32(59)15-9-29/h3-19,26-27,35-39,41,57-61H,20-25,49H2,1-2H3,(H,50,64)(H,51,62)(H,52,67)(H,53,68)(H,54,65)(H,55,63)(H,56,66)(H,69,70)/t26-,27+,35-,36-,37-,38-,39-,41-/m0/s1. The number of amides is 7. The van der Waals surface area contributed by atoms with Crippen molar-refractivity contribution in [1.29, 1.82) is 0 Å². The van der Waals surface area contributed by atoms with Gasteiger partial charge in [0.05, 0.1) is 19.3 Å². The molecule has 15 N–H and O–H groups in total. The smallest absolute Gasteiger partial charge is 0.326 e. The molecule has 4 aromatic rings. The minimum atomic E-state index is -1.73. The third kappa shape index (κ3) is 17.2.